The number of ether oxygens (including phenoxy) is 2. The molecule has 25 heavy (non-hydrogen) atoms. The van der Waals surface area contributed by atoms with Gasteiger partial charge < -0.3 is 18.7 Å². The van der Waals surface area contributed by atoms with E-state index in [9.17, 15) is 4.79 Å². The van der Waals surface area contributed by atoms with Gasteiger partial charge in [0, 0.05) is 6.42 Å². The lowest BCUT2D eigenvalue weighted by atomic mass is 9.84. The first kappa shape index (κ1) is 20.3. The number of aldehydes is 1. The maximum Gasteiger partial charge on any atom is 0.184 e. The van der Waals surface area contributed by atoms with Crippen LogP contribution in [0.5, 0.6) is 0 Å². The van der Waals surface area contributed by atoms with Gasteiger partial charge in [-0.3, -0.25) is 0 Å². The Morgan fingerprint density at radius 1 is 1.28 bits per heavy atom. The van der Waals surface area contributed by atoms with Crippen LogP contribution in [0.3, 0.4) is 0 Å². The van der Waals surface area contributed by atoms with Crippen molar-refractivity contribution >= 4 is 14.6 Å². The molecule has 0 bridgehead atoms. The second kappa shape index (κ2) is 8.58. The quantitative estimate of drug-likeness (QED) is 0.508. The van der Waals surface area contributed by atoms with Crippen molar-refractivity contribution < 1.29 is 18.7 Å². The number of carbonyl (C=O) groups excluding carboxylic acids is 1. The van der Waals surface area contributed by atoms with Crippen LogP contribution in [0.1, 0.15) is 38.7 Å². The first-order chi connectivity index (χ1) is 11.7. The predicted molar refractivity (Wildman–Crippen MR) is 102 cm³/mol. The molecule has 1 heterocycles. The van der Waals surface area contributed by atoms with Crippen molar-refractivity contribution in [2.45, 2.75) is 83.3 Å². The Labute approximate surface area is 153 Å². The van der Waals surface area contributed by atoms with Gasteiger partial charge in [-0.15, -0.1) is 0 Å². The van der Waals surface area contributed by atoms with Gasteiger partial charge >= 0.3 is 0 Å². The molecule has 0 saturated carbocycles. The monoisotopic (exact) mass is 364 g/mol. The van der Waals surface area contributed by atoms with E-state index in [1.807, 2.05) is 37.3 Å². The molecule has 1 aliphatic rings. The number of hydrogen-bond acceptors (Lipinski definition) is 4. The average Bonchev–Trinajstić information content (AvgIpc) is 2.54. The summed E-state index contributed by atoms with van der Waals surface area (Å²) in [6.45, 7) is 11.2. The van der Waals surface area contributed by atoms with Crippen LogP contribution in [-0.4, -0.2) is 38.5 Å². The van der Waals surface area contributed by atoms with E-state index in [0.29, 0.717) is 13.0 Å². The summed E-state index contributed by atoms with van der Waals surface area (Å²) in [4.78, 5) is 11.3. The summed E-state index contributed by atoms with van der Waals surface area (Å²) in [7, 11) is -1.74. The van der Waals surface area contributed by atoms with Gasteiger partial charge in [0.2, 0.25) is 0 Å². The number of carbonyl (C=O) groups is 1. The summed E-state index contributed by atoms with van der Waals surface area (Å²) in [5.74, 6) is 0. The summed E-state index contributed by atoms with van der Waals surface area (Å²) >= 11 is 0. The Morgan fingerprint density at radius 2 is 1.96 bits per heavy atom. The van der Waals surface area contributed by atoms with Gasteiger partial charge in [-0.1, -0.05) is 30.3 Å². The highest BCUT2D eigenvalue weighted by Crippen LogP contribution is 2.38. The van der Waals surface area contributed by atoms with Gasteiger partial charge in [-0.25, -0.2) is 0 Å². The molecular formula is C20H32O4Si. The third-order valence-electron chi connectivity index (χ3n) is 4.67. The lowest BCUT2D eigenvalue weighted by molar-refractivity contribution is -0.228. The van der Waals surface area contributed by atoms with Gasteiger partial charge in [0.05, 0.1) is 24.9 Å². The molecule has 0 unspecified atom stereocenters. The minimum Gasteiger partial charge on any atom is -0.412 e. The molecule has 4 atom stereocenters. The molecule has 0 N–H and O–H groups in total. The predicted octanol–water partition coefficient (Wildman–Crippen LogP) is 4.34. The van der Waals surface area contributed by atoms with Gasteiger partial charge in [-0.2, -0.15) is 0 Å². The second-order valence-corrected chi connectivity index (χ2v) is 12.6. The minimum atomic E-state index is -1.74. The van der Waals surface area contributed by atoms with Gasteiger partial charge in [0.25, 0.3) is 0 Å². The fourth-order valence-electron chi connectivity index (χ4n) is 3.45. The normalized spacial score (nSPS) is 28.5. The molecule has 0 amide bonds. The largest absolute Gasteiger partial charge is 0.412 e. The fourth-order valence-corrected chi connectivity index (χ4v) is 4.66. The van der Waals surface area contributed by atoms with Crippen LogP contribution in [-0.2, 0) is 25.3 Å². The van der Waals surface area contributed by atoms with Gasteiger partial charge in [-0.05, 0) is 51.9 Å². The molecule has 0 aromatic heterocycles. The first-order valence-electron chi connectivity index (χ1n) is 9.19. The first-order valence-corrected chi connectivity index (χ1v) is 12.6. The molecule has 5 heteroatoms. The summed E-state index contributed by atoms with van der Waals surface area (Å²) in [5, 5.41) is 0. The van der Waals surface area contributed by atoms with E-state index in [2.05, 4.69) is 26.6 Å². The van der Waals surface area contributed by atoms with Gasteiger partial charge in [0.15, 0.2) is 8.32 Å². The van der Waals surface area contributed by atoms with Crippen LogP contribution in [0.2, 0.25) is 19.6 Å². The number of hydrogen-bond donors (Lipinski definition) is 0. The molecule has 140 valence electrons. The topological polar surface area (TPSA) is 44.8 Å². The molecule has 0 radical (unpaired) electrons. The Bertz CT molecular complexity index is 542. The third-order valence-corrected chi connectivity index (χ3v) is 5.66. The van der Waals surface area contributed by atoms with E-state index < -0.39 is 13.9 Å². The highest BCUT2D eigenvalue weighted by atomic mass is 28.4. The van der Waals surface area contributed by atoms with Crippen molar-refractivity contribution in [1.29, 1.82) is 0 Å². The number of benzene rings is 1. The van der Waals surface area contributed by atoms with Crippen molar-refractivity contribution in [2.24, 2.45) is 0 Å². The maximum atomic E-state index is 11.3. The highest BCUT2D eigenvalue weighted by molar-refractivity contribution is 6.69. The molecule has 2 rings (SSSR count). The van der Waals surface area contributed by atoms with Crippen LogP contribution in [0.15, 0.2) is 30.3 Å². The standard InChI is InChI=1S/C20H32O4Si/c1-16-11-12-19(24-25(3,4)5)20(2,23-16)18(13-14-21)22-15-17-9-7-6-8-10-17/h6-10,14,16,18-19H,11-13,15H2,1-5H3/t16-,18-,19-,20+/m1/s1. The fraction of sp³-hybridized carbons (Fsp3) is 0.650. The Balaban J connectivity index is 2.18. The Morgan fingerprint density at radius 3 is 2.56 bits per heavy atom. The van der Waals surface area contributed by atoms with Crippen molar-refractivity contribution in [3.05, 3.63) is 35.9 Å². The zero-order chi connectivity index (χ0) is 18.5. The van der Waals surface area contributed by atoms with E-state index in [1.54, 1.807) is 0 Å². The Hall–Kier alpha value is -1.01. The molecule has 1 saturated heterocycles. The van der Waals surface area contributed by atoms with Crippen LogP contribution >= 0.6 is 0 Å². The minimum absolute atomic E-state index is 0.0453. The van der Waals surface area contributed by atoms with E-state index in [1.165, 1.54) is 0 Å². The van der Waals surface area contributed by atoms with Crippen molar-refractivity contribution in [3.63, 3.8) is 0 Å². The molecule has 1 aromatic carbocycles. The van der Waals surface area contributed by atoms with Crippen LogP contribution in [0.25, 0.3) is 0 Å². The zero-order valence-corrected chi connectivity index (χ0v) is 17.2. The van der Waals surface area contributed by atoms with Gasteiger partial charge in [0.1, 0.15) is 11.9 Å². The third kappa shape index (κ3) is 5.74. The van der Waals surface area contributed by atoms with E-state index >= 15 is 0 Å². The second-order valence-electron chi connectivity index (χ2n) is 8.10. The van der Waals surface area contributed by atoms with E-state index in [4.69, 9.17) is 13.9 Å². The molecule has 0 aliphatic carbocycles. The molecule has 4 nitrogen and oxygen atoms in total. The van der Waals surface area contributed by atoms with Crippen LogP contribution < -0.4 is 0 Å². The lowest BCUT2D eigenvalue weighted by Crippen LogP contribution is -2.60. The SMILES string of the molecule is C[C@@H]1CC[C@@H](O[Si](C)(C)C)[C@](C)([C@@H](CC=O)OCc2ccccc2)O1. The lowest BCUT2D eigenvalue weighted by Gasteiger charge is -2.49. The number of rotatable bonds is 8. The van der Waals surface area contributed by atoms with Crippen molar-refractivity contribution in [2.75, 3.05) is 0 Å². The van der Waals surface area contributed by atoms with E-state index in [-0.39, 0.29) is 18.3 Å². The van der Waals surface area contributed by atoms with Crippen molar-refractivity contribution in [3.8, 4) is 0 Å². The molecule has 1 fully saturated rings. The maximum absolute atomic E-state index is 11.3. The van der Waals surface area contributed by atoms with E-state index in [0.717, 1.165) is 24.7 Å². The summed E-state index contributed by atoms with van der Waals surface area (Å²) in [6, 6.07) is 10.0. The average molecular weight is 365 g/mol. The summed E-state index contributed by atoms with van der Waals surface area (Å²) < 4.78 is 19.0. The summed E-state index contributed by atoms with van der Waals surface area (Å²) in [5.41, 5.74) is 0.474. The Kier molecular flexibility index (Phi) is 6.97. The summed E-state index contributed by atoms with van der Waals surface area (Å²) in [6.07, 6.45) is 2.91. The zero-order valence-electron chi connectivity index (χ0n) is 16.2. The molecule has 1 aromatic rings. The highest BCUT2D eigenvalue weighted by Gasteiger charge is 2.48. The van der Waals surface area contributed by atoms with Crippen LogP contribution in [0.4, 0.5) is 0 Å². The molecule has 1 aliphatic heterocycles. The molecular weight excluding hydrogens is 332 g/mol. The molecule has 0 spiro atoms. The van der Waals surface area contributed by atoms with Crippen LogP contribution in [0, 0.1) is 0 Å². The van der Waals surface area contributed by atoms with Crippen molar-refractivity contribution in [1.82, 2.24) is 0 Å². The smallest absolute Gasteiger partial charge is 0.184 e.